The Morgan fingerprint density at radius 3 is 2.96 bits per heavy atom. The van der Waals surface area contributed by atoms with Crippen LogP contribution in [0.4, 0.5) is 5.95 Å². The molecule has 3 rings (SSSR count). The van der Waals surface area contributed by atoms with E-state index < -0.39 is 44.0 Å². The number of H-pyrrole nitrogens is 1. The van der Waals surface area contributed by atoms with Gasteiger partial charge in [0.15, 0.2) is 17.4 Å². The van der Waals surface area contributed by atoms with Crippen molar-refractivity contribution in [3.8, 4) is 0 Å². The van der Waals surface area contributed by atoms with Crippen LogP contribution in [0.15, 0.2) is 11.1 Å². The van der Waals surface area contributed by atoms with E-state index in [9.17, 15) is 24.5 Å². The number of nitrogens with two attached hydrogens (primary N) is 1. The molecule has 1 saturated heterocycles. The maximum atomic E-state index is 11.8. The number of imidazole rings is 1. The zero-order valence-electron chi connectivity index (χ0n) is 12.8. The van der Waals surface area contributed by atoms with Gasteiger partial charge < -0.3 is 35.0 Å². The lowest BCUT2D eigenvalue weighted by atomic mass is 9.96. The molecule has 3 heterocycles. The number of nitrogen functional groups attached to an aromatic ring is 1. The Morgan fingerprint density at radius 2 is 2.32 bits per heavy atom. The van der Waals surface area contributed by atoms with Gasteiger partial charge in [0, 0.05) is 0 Å². The summed E-state index contributed by atoms with van der Waals surface area (Å²) < 4.78 is 21.5. The average Bonchev–Trinajstić information content (AvgIpc) is 2.97. The lowest BCUT2D eigenvalue weighted by Gasteiger charge is -2.27. The van der Waals surface area contributed by atoms with E-state index in [1.54, 1.807) is 0 Å². The normalized spacial score (nSPS) is 32.1. The lowest BCUT2D eigenvalue weighted by molar-refractivity contribution is -0.222. The molecule has 25 heavy (non-hydrogen) atoms. The molecule has 0 spiro atoms. The van der Waals surface area contributed by atoms with Gasteiger partial charge in [0.25, 0.3) is 13.4 Å². The van der Waals surface area contributed by atoms with Crippen molar-refractivity contribution in [2.75, 3.05) is 12.3 Å². The van der Waals surface area contributed by atoms with Gasteiger partial charge in [-0.05, 0) is 6.92 Å². The Kier molecular flexibility index (Phi) is 4.20. The Bertz CT molecular complexity index is 903. The highest BCUT2D eigenvalue weighted by molar-refractivity contribution is 7.44. The second kappa shape index (κ2) is 5.85. The number of nitrogens with zero attached hydrogens (tertiary/aromatic N) is 3. The summed E-state index contributed by atoms with van der Waals surface area (Å²) in [5.41, 5.74) is 2.91. The number of nitrogens with one attached hydrogen (secondary N) is 1. The van der Waals surface area contributed by atoms with Gasteiger partial charge >= 0.3 is 0 Å². The van der Waals surface area contributed by atoms with Crippen molar-refractivity contribution in [1.82, 2.24) is 19.5 Å². The van der Waals surface area contributed by atoms with Crippen LogP contribution in [-0.4, -0.2) is 59.0 Å². The van der Waals surface area contributed by atoms with E-state index in [0.29, 0.717) is 0 Å². The first-order valence-corrected chi connectivity index (χ1v) is 8.47. The van der Waals surface area contributed by atoms with Crippen LogP contribution in [0.1, 0.15) is 13.2 Å². The average molecular weight is 376 g/mol. The molecule has 0 radical (unpaired) electrons. The van der Waals surface area contributed by atoms with Crippen molar-refractivity contribution < 1.29 is 33.8 Å². The van der Waals surface area contributed by atoms with Crippen LogP contribution in [0.2, 0.25) is 0 Å². The van der Waals surface area contributed by atoms with E-state index in [1.807, 2.05) is 0 Å². The fourth-order valence-electron chi connectivity index (χ4n) is 2.66. The first-order valence-electron chi connectivity index (χ1n) is 6.97. The highest BCUT2D eigenvalue weighted by atomic mass is 31.2. The third kappa shape index (κ3) is 3.18. The molecule has 0 bridgehead atoms. The van der Waals surface area contributed by atoms with Crippen molar-refractivity contribution in [3.63, 3.8) is 0 Å². The molecular weight excluding hydrogens is 361 g/mol. The summed E-state index contributed by atoms with van der Waals surface area (Å²) in [7, 11) is -5.03. The van der Waals surface area contributed by atoms with Crippen molar-refractivity contribution in [1.29, 1.82) is 0 Å². The van der Waals surface area contributed by atoms with Crippen LogP contribution >= 0.6 is 7.82 Å². The number of aromatic amines is 1. The number of hydrogen-bond donors (Lipinski definition) is 5. The molecule has 14 heteroatoms. The molecule has 13 nitrogen and oxygen atoms in total. The minimum absolute atomic E-state index is 0.00283. The van der Waals surface area contributed by atoms with Gasteiger partial charge in [-0.3, -0.25) is 18.9 Å². The van der Waals surface area contributed by atoms with E-state index >= 15 is 0 Å². The molecule has 0 amide bonds. The zero-order chi connectivity index (χ0) is 18.6. The molecule has 2 unspecified atom stereocenters. The summed E-state index contributed by atoms with van der Waals surface area (Å²) in [6.07, 6.45) is -2.97. The molecule has 6 N–H and O–H groups in total. The topological polar surface area (TPSA) is 209 Å². The molecule has 1 aliphatic rings. The van der Waals surface area contributed by atoms with E-state index in [-0.39, 0.29) is 17.1 Å². The van der Waals surface area contributed by atoms with E-state index in [1.165, 1.54) is 11.5 Å². The fraction of sp³-hybridized carbons (Fsp3) is 0.545. The minimum atomic E-state index is -5.03. The fourth-order valence-corrected chi connectivity index (χ4v) is 3.00. The van der Waals surface area contributed by atoms with Crippen LogP contribution in [0.25, 0.3) is 11.2 Å². The number of anilines is 1. The number of phosphoric acid groups is 1. The van der Waals surface area contributed by atoms with Gasteiger partial charge in [0.2, 0.25) is 5.95 Å². The molecule has 2 aromatic rings. The summed E-state index contributed by atoms with van der Waals surface area (Å²) >= 11 is 0. The van der Waals surface area contributed by atoms with Crippen molar-refractivity contribution in [2.45, 2.75) is 31.0 Å². The van der Waals surface area contributed by atoms with Gasteiger partial charge in [-0.15, -0.1) is 0 Å². The second-order valence-electron chi connectivity index (χ2n) is 5.74. The van der Waals surface area contributed by atoms with Crippen LogP contribution in [0.3, 0.4) is 0 Å². The van der Waals surface area contributed by atoms with E-state index in [4.69, 9.17) is 15.4 Å². The van der Waals surface area contributed by atoms with Gasteiger partial charge in [-0.2, -0.15) is 4.98 Å². The maximum absolute atomic E-state index is 11.8. The summed E-state index contributed by atoms with van der Waals surface area (Å²) in [6.45, 7) is 0.508. The lowest BCUT2D eigenvalue weighted by Crippen LogP contribution is -2.44. The SMILES string of the molecule is CC1(O)[C@@H](O)[C@@H](COP(=O)([O-])O)O[C@H]1n1cnc2c(=O)[nH]c(N)nc21. The number of phosphoric ester groups is 1. The first kappa shape index (κ1) is 17.9. The number of aromatic nitrogens is 4. The number of fused-ring (bicyclic) bond motifs is 1. The quantitative estimate of drug-likeness (QED) is 0.344. The Hall–Kier alpha value is -1.86. The minimum Gasteiger partial charge on any atom is -0.756 e. The molecule has 0 aliphatic carbocycles. The first-order chi connectivity index (χ1) is 11.5. The molecule has 0 aromatic carbocycles. The number of rotatable bonds is 4. The highest BCUT2D eigenvalue weighted by Gasteiger charge is 2.53. The summed E-state index contributed by atoms with van der Waals surface area (Å²) in [5.74, 6) is -0.190. The predicted octanol–water partition coefficient (Wildman–Crippen LogP) is -2.81. The molecule has 138 valence electrons. The number of aliphatic hydroxyl groups is 2. The second-order valence-corrected chi connectivity index (χ2v) is 6.93. The zero-order valence-corrected chi connectivity index (χ0v) is 13.7. The van der Waals surface area contributed by atoms with E-state index in [0.717, 1.165) is 6.33 Å². The Morgan fingerprint density at radius 1 is 1.64 bits per heavy atom. The smallest absolute Gasteiger partial charge is 0.280 e. The standard InChI is InChI=1S/C11H16N5O8P/c1-11(19)6(17)4(2-23-25(20,21)22)24-9(11)16-3-13-5-7(16)14-10(12)15-8(5)18/h3-4,6,9,17,19H,2H2,1H3,(H2,20,21,22)(H3,12,14,15,18)/p-1/t4-,6+,9-,11?/m1/s1. The molecule has 2 aromatic heterocycles. The van der Waals surface area contributed by atoms with Crippen LogP contribution < -0.4 is 16.2 Å². The third-order valence-electron chi connectivity index (χ3n) is 3.86. The Labute approximate surface area is 139 Å². The van der Waals surface area contributed by atoms with Gasteiger partial charge in [-0.25, -0.2) is 4.98 Å². The number of ether oxygens (including phenoxy) is 1. The summed E-state index contributed by atoms with van der Waals surface area (Å²) in [6, 6.07) is 0. The van der Waals surface area contributed by atoms with E-state index in [2.05, 4.69) is 19.5 Å². The monoisotopic (exact) mass is 376 g/mol. The molecular formula is C11H15N5O8P-. The predicted molar refractivity (Wildman–Crippen MR) is 78.9 cm³/mol. The molecule has 5 atom stereocenters. The Balaban J connectivity index is 1.97. The van der Waals surface area contributed by atoms with Crippen LogP contribution in [-0.2, 0) is 13.8 Å². The third-order valence-corrected chi connectivity index (χ3v) is 4.34. The maximum Gasteiger partial charge on any atom is 0.280 e. The highest BCUT2D eigenvalue weighted by Crippen LogP contribution is 2.41. The van der Waals surface area contributed by atoms with Crippen molar-refractivity contribution in [3.05, 3.63) is 16.7 Å². The van der Waals surface area contributed by atoms with Crippen molar-refractivity contribution >= 4 is 24.9 Å². The largest absolute Gasteiger partial charge is 0.756 e. The number of aliphatic hydroxyl groups excluding tert-OH is 1. The van der Waals surface area contributed by atoms with Gasteiger partial charge in [0.05, 0.1) is 12.9 Å². The molecule has 1 aliphatic heterocycles. The van der Waals surface area contributed by atoms with Gasteiger partial charge in [0.1, 0.15) is 17.8 Å². The molecule has 0 saturated carbocycles. The number of hydrogen-bond acceptors (Lipinski definition) is 10. The van der Waals surface area contributed by atoms with Gasteiger partial charge in [-0.1, -0.05) is 0 Å². The van der Waals surface area contributed by atoms with Crippen LogP contribution in [0.5, 0.6) is 0 Å². The van der Waals surface area contributed by atoms with Crippen molar-refractivity contribution in [2.24, 2.45) is 0 Å². The molecule has 1 fully saturated rings. The summed E-state index contributed by atoms with van der Waals surface area (Å²) in [5, 5.41) is 20.7. The summed E-state index contributed by atoms with van der Waals surface area (Å²) in [4.78, 5) is 41.2. The van der Waals surface area contributed by atoms with Crippen LogP contribution in [0, 0.1) is 0 Å².